The van der Waals surface area contributed by atoms with Gasteiger partial charge in [0.2, 0.25) is 15.6 Å². The van der Waals surface area contributed by atoms with Gasteiger partial charge in [-0.15, -0.1) is 0 Å². The number of aryl methyl sites for hydroxylation is 1. The number of hydrogen-bond acceptors (Lipinski definition) is 8. The van der Waals surface area contributed by atoms with Crippen LogP contribution in [0.15, 0.2) is 52.4 Å². The fourth-order valence-corrected chi connectivity index (χ4v) is 4.65. The predicted octanol–water partition coefficient (Wildman–Crippen LogP) is 3.37. The molecule has 0 unspecified atom stereocenters. The van der Waals surface area contributed by atoms with Crippen molar-refractivity contribution >= 4 is 15.7 Å². The molecule has 31 heavy (non-hydrogen) atoms. The summed E-state index contributed by atoms with van der Waals surface area (Å²) < 4.78 is 43.5. The van der Waals surface area contributed by atoms with Gasteiger partial charge in [0, 0.05) is 17.3 Å². The van der Waals surface area contributed by atoms with E-state index in [1.807, 2.05) is 13.0 Å². The van der Waals surface area contributed by atoms with Crippen LogP contribution in [0, 0.1) is 18.3 Å². The third kappa shape index (κ3) is 3.85. The Labute approximate surface area is 180 Å². The lowest BCUT2D eigenvalue weighted by molar-refractivity contribution is 0.319. The van der Waals surface area contributed by atoms with Crippen LogP contribution in [-0.2, 0) is 9.84 Å². The van der Waals surface area contributed by atoms with Gasteiger partial charge >= 0.3 is 0 Å². The maximum atomic E-state index is 13.5. The van der Waals surface area contributed by atoms with Gasteiger partial charge in [0.15, 0.2) is 11.5 Å². The number of nitrogen functional groups attached to an aromatic ring is 1. The fraction of sp³-hybridized carbons (Fsp3) is 0.182. The molecule has 1 aromatic heterocycles. The van der Waals surface area contributed by atoms with Crippen LogP contribution in [0.1, 0.15) is 11.1 Å². The zero-order valence-corrected chi connectivity index (χ0v) is 18.3. The number of ether oxygens (including phenoxy) is 3. The molecule has 0 aliphatic rings. The Kier molecular flexibility index (Phi) is 6.04. The molecule has 0 aliphatic heterocycles. The Morgan fingerprint density at radius 1 is 0.935 bits per heavy atom. The van der Waals surface area contributed by atoms with Crippen molar-refractivity contribution in [3.8, 4) is 34.4 Å². The average molecular weight is 439 g/mol. The highest BCUT2D eigenvalue weighted by Gasteiger charge is 2.30. The van der Waals surface area contributed by atoms with Crippen molar-refractivity contribution in [2.75, 3.05) is 27.1 Å². The van der Waals surface area contributed by atoms with Gasteiger partial charge in [0.25, 0.3) is 0 Å². The van der Waals surface area contributed by atoms with Gasteiger partial charge in [-0.3, -0.25) is 0 Å². The number of rotatable bonds is 6. The van der Waals surface area contributed by atoms with E-state index in [9.17, 15) is 13.7 Å². The highest BCUT2D eigenvalue weighted by Crippen LogP contribution is 2.49. The predicted molar refractivity (Wildman–Crippen MR) is 115 cm³/mol. The van der Waals surface area contributed by atoms with Crippen molar-refractivity contribution in [2.24, 2.45) is 0 Å². The molecule has 0 atom stereocenters. The van der Waals surface area contributed by atoms with Crippen LogP contribution in [0.3, 0.4) is 0 Å². The minimum atomic E-state index is -4.01. The third-order valence-corrected chi connectivity index (χ3v) is 6.50. The second kappa shape index (κ2) is 8.53. The van der Waals surface area contributed by atoms with E-state index in [4.69, 9.17) is 19.9 Å². The van der Waals surface area contributed by atoms with Crippen molar-refractivity contribution < 1.29 is 22.6 Å². The zero-order chi connectivity index (χ0) is 22.8. The fourth-order valence-electron chi connectivity index (χ4n) is 3.21. The molecule has 3 rings (SSSR count). The molecule has 3 aromatic rings. The van der Waals surface area contributed by atoms with Gasteiger partial charge in [-0.2, -0.15) is 5.26 Å². The molecule has 0 bridgehead atoms. The number of sulfone groups is 1. The molecule has 0 radical (unpaired) electrons. The van der Waals surface area contributed by atoms with Gasteiger partial charge in [0.05, 0.1) is 31.8 Å². The molecule has 8 nitrogen and oxygen atoms in total. The Hall–Kier alpha value is -3.77. The van der Waals surface area contributed by atoms with E-state index < -0.39 is 9.84 Å². The molecule has 0 amide bonds. The van der Waals surface area contributed by atoms with Crippen molar-refractivity contribution in [3.63, 3.8) is 0 Å². The molecule has 2 aromatic carbocycles. The average Bonchev–Trinajstić information content (AvgIpc) is 2.77. The molecule has 0 saturated carbocycles. The van der Waals surface area contributed by atoms with E-state index in [1.165, 1.54) is 51.8 Å². The Bertz CT molecular complexity index is 1280. The van der Waals surface area contributed by atoms with Gasteiger partial charge in [-0.25, -0.2) is 13.4 Å². The van der Waals surface area contributed by atoms with Gasteiger partial charge in [-0.1, -0.05) is 17.7 Å². The minimum absolute atomic E-state index is 0.00999. The van der Waals surface area contributed by atoms with Crippen molar-refractivity contribution in [2.45, 2.75) is 16.7 Å². The Balaban J connectivity index is 2.44. The summed E-state index contributed by atoms with van der Waals surface area (Å²) in [5.41, 5.74) is 7.60. The molecule has 0 aliphatic carbocycles. The van der Waals surface area contributed by atoms with Gasteiger partial charge in [0.1, 0.15) is 16.8 Å². The zero-order valence-electron chi connectivity index (χ0n) is 17.5. The van der Waals surface area contributed by atoms with E-state index in [0.717, 1.165) is 5.56 Å². The summed E-state index contributed by atoms with van der Waals surface area (Å²) in [4.78, 5) is 3.89. The molecule has 160 valence electrons. The first-order chi connectivity index (χ1) is 14.8. The topological polar surface area (TPSA) is 125 Å². The number of nitrogens with zero attached hydrogens (tertiary/aromatic N) is 2. The number of methoxy groups -OCH3 is 3. The molecule has 2 N–H and O–H groups in total. The number of hydrogen-bond donors (Lipinski definition) is 1. The molecular weight excluding hydrogens is 418 g/mol. The summed E-state index contributed by atoms with van der Waals surface area (Å²) in [5, 5.41) is 9.55. The summed E-state index contributed by atoms with van der Waals surface area (Å²) in [6.45, 7) is 1.86. The minimum Gasteiger partial charge on any atom is -0.492 e. The van der Waals surface area contributed by atoms with Crippen LogP contribution in [0.5, 0.6) is 17.2 Å². The maximum absolute atomic E-state index is 13.5. The SMILES string of the molecule is COc1c(-c2cc(N)ncc2C#N)cc(S(=O)(=O)c2ccc(C)cc2)c(OC)c1OC. The summed E-state index contributed by atoms with van der Waals surface area (Å²) in [5.74, 6) is 0.426. The normalized spacial score (nSPS) is 10.9. The van der Waals surface area contributed by atoms with Crippen LogP contribution in [0.25, 0.3) is 11.1 Å². The van der Waals surface area contributed by atoms with Crippen LogP contribution in [0.2, 0.25) is 0 Å². The van der Waals surface area contributed by atoms with Gasteiger partial charge < -0.3 is 19.9 Å². The van der Waals surface area contributed by atoms with E-state index >= 15 is 0 Å². The van der Waals surface area contributed by atoms with Crippen LogP contribution < -0.4 is 19.9 Å². The number of nitrogens with two attached hydrogens (primary N) is 1. The molecule has 1 heterocycles. The molecular formula is C22H21N3O5S. The second-order valence-corrected chi connectivity index (χ2v) is 8.52. The second-order valence-electron chi connectivity index (χ2n) is 6.61. The lowest BCUT2D eigenvalue weighted by Crippen LogP contribution is -2.08. The van der Waals surface area contributed by atoms with E-state index in [0.29, 0.717) is 11.1 Å². The Morgan fingerprint density at radius 3 is 2.10 bits per heavy atom. The molecule has 0 saturated heterocycles. The van der Waals surface area contributed by atoms with Crippen molar-refractivity contribution in [1.29, 1.82) is 5.26 Å². The molecule has 9 heteroatoms. The summed E-state index contributed by atoms with van der Waals surface area (Å²) in [6.07, 6.45) is 1.31. The quantitative estimate of drug-likeness (QED) is 0.620. The molecule has 0 spiro atoms. The van der Waals surface area contributed by atoms with Crippen LogP contribution >= 0.6 is 0 Å². The number of anilines is 1. The van der Waals surface area contributed by atoms with Crippen LogP contribution in [-0.4, -0.2) is 34.7 Å². The first-order valence-corrected chi connectivity index (χ1v) is 10.6. The largest absolute Gasteiger partial charge is 0.492 e. The highest BCUT2D eigenvalue weighted by molar-refractivity contribution is 7.91. The lowest BCUT2D eigenvalue weighted by Gasteiger charge is -2.20. The van der Waals surface area contributed by atoms with Crippen molar-refractivity contribution in [1.82, 2.24) is 4.98 Å². The number of benzene rings is 2. The van der Waals surface area contributed by atoms with Gasteiger partial charge in [-0.05, 0) is 31.2 Å². The van der Waals surface area contributed by atoms with Crippen molar-refractivity contribution in [3.05, 3.63) is 53.7 Å². The third-order valence-electron chi connectivity index (χ3n) is 4.73. The van der Waals surface area contributed by atoms with E-state index in [1.54, 1.807) is 12.1 Å². The lowest BCUT2D eigenvalue weighted by atomic mass is 10.00. The summed E-state index contributed by atoms with van der Waals surface area (Å²) >= 11 is 0. The monoisotopic (exact) mass is 439 g/mol. The first kappa shape index (κ1) is 21.9. The smallest absolute Gasteiger partial charge is 0.210 e. The van der Waals surface area contributed by atoms with Crippen LogP contribution in [0.4, 0.5) is 5.82 Å². The summed E-state index contributed by atoms with van der Waals surface area (Å²) in [6, 6.07) is 11.4. The molecule has 0 fully saturated rings. The maximum Gasteiger partial charge on any atom is 0.210 e. The van der Waals surface area contributed by atoms with E-state index in [-0.39, 0.29) is 38.4 Å². The van der Waals surface area contributed by atoms with E-state index in [2.05, 4.69) is 4.98 Å². The number of aromatic nitrogens is 1. The summed E-state index contributed by atoms with van der Waals surface area (Å²) in [7, 11) is 0.119. The first-order valence-electron chi connectivity index (χ1n) is 9.09. The Morgan fingerprint density at radius 2 is 1.55 bits per heavy atom. The highest BCUT2D eigenvalue weighted by atomic mass is 32.2. The number of nitriles is 1. The standard InChI is InChI=1S/C22H21N3O5S/c1-13-5-7-15(8-6-13)31(26,27)18-9-17(16-10-19(24)25-12-14(16)11-23)20(28-2)22(30-4)21(18)29-3/h5-10,12H,1-4H3,(H2,24,25). The number of pyridine rings is 1.